The minimum atomic E-state index is -0.868. The van der Waals surface area contributed by atoms with Gasteiger partial charge >= 0.3 is 11.1 Å². The number of ether oxygens (including phenoxy) is 1. The first-order valence-corrected chi connectivity index (χ1v) is 8.65. The van der Waals surface area contributed by atoms with Gasteiger partial charge in [-0.2, -0.15) is 0 Å². The lowest BCUT2D eigenvalue weighted by atomic mass is 10.1. The molecule has 2 aromatic carbocycles. The molecule has 8 heteroatoms. The zero-order chi connectivity index (χ0) is 20.4. The van der Waals surface area contributed by atoms with E-state index in [1.54, 1.807) is 19.1 Å². The lowest BCUT2D eigenvalue weighted by Crippen LogP contribution is -2.41. The number of rotatable bonds is 5. The van der Waals surface area contributed by atoms with Gasteiger partial charge in [0.2, 0.25) is 0 Å². The Labute approximate surface area is 164 Å². The number of aryl methyl sites for hydroxylation is 1. The molecular weight excluding hydrogens is 387 g/mol. The Hall–Kier alpha value is -3.19. The number of aromatic nitrogens is 2. The van der Waals surface area contributed by atoms with E-state index < -0.39 is 22.7 Å². The summed E-state index contributed by atoms with van der Waals surface area (Å²) in [4.78, 5) is 37.4. The van der Waals surface area contributed by atoms with Crippen LogP contribution in [-0.4, -0.2) is 22.0 Å². The highest BCUT2D eigenvalue weighted by molar-refractivity contribution is 6.31. The van der Waals surface area contributed by atoms with Gasteiger partial charge in [-0.25, -0.2) is 4.39 Å². The molecule has 0 radical (unpaired) electrons. The second-order valence-electron chi connectivity index (χ2n) is 6.11. The molecule has 1 heterocycles. The first kappa shape index (κ1) is 19.6. The molecule has 0 amide bonds. The normalized spacial score (nSPS) is 10.7. The smallest absolute Gasteiger partial charge is 0.321 e. The maximum atomic E-state index is 13.0. The fourth-order valence-electron chi connectivity index (χ4n) is 2.70. The van der Waals surface area contributed by atoms with Crippen LogP contribution in [0.5, 0.6) is 5.75 Å². The molecule has 0 aliphatic heterocycles. The monoisotopic (exact) mass is 402 g/mol. The van der Waals surface area contributed by atoms with Crippen molar-refractivity contribution in [1.29, 1.82) is 0 Å². The molecule has 0 saturated carbocycles. The van der Waals surface area contributed by atoms with E-state index in [-0.39, 0.29) is 12.1 Å². The topological polar surface area (TPSA) is 70.3 Å². The van der Waals surface area contributed by atoms with E-state index in [2.05, 4.69) is 0 Å². The number of carbonyl (C=O) groups is 1. The Bertz CT molecular complexity index is 1170. The van der Waals surface area contributed by atoms with Crippen molar-refractivity contribution in [3.8, 4) is 11.4 Å². The first-order chi connectivity index (χ1) is 13.3. The fourth-order valence-corrected chi connectivity index (χ4v) is 2.86. The third-order valence-electron chi connectivity index (χ3n) is 4.26. The summed E-state index contributed by atoms with van der Waals surface area (Å²) < 4.78 is 20.4. The van der Waals surface area contributed by atoms with Crippen molar-refractivity contribution < 1.29 is 13.9 Å². The Balaban J connectivity index is 2.00. The molecule has 144 valence electrons. The number of hydrogen-bond donors (Lipinski definition) is 0. The molecule has 28 heavy (non-hydrogen) atoms. The molecule has 0 aliphatic carbocycles. The fraction of sp³-hybridized carbons (Fsp3) is 0.150. The molecule has 0 fully saturated rings. The Kier molecular flexibility index (Phi) is 5.46. The van der Waals surface area contributed by atoms with Gasteiger partial charge in [0, 0.05) is 29.0 Å². The van der Waals surface area contributed by atoms with Crippen molar-refractivity contribution in [3.05, 3.63) is 91.5 Å². The third-order valence-corrected chi connectivity index (χ3v) is 4.67. The largest absolute Gasteiger partial charge is 0.495 e. The predicted molar refractivity (Wildman–Crippen MR) is 103 cm³/mol. The Morgan fingerprint density at radius 3 is 2.43 bits per heavy atom. The molecule has 0 N–H and O–H groups in total. The highest BCUT2D eigenvalue weighted by Gasteiger charge is 2.15. The zero-order valence-corrected chi connectivity index (χ0v) is 15.9. The number of benzene rings is 2. The van der Waals surface area contributed by atoms with E-state index >= 15 is 0 Å². The van der Waals surface area contributed by atoms with Crippen LogP contribution in [0.15, 0.2) is 58.4 Å². The minimum absolute atomic E-state index is 0.243. The average molecular weight is 403 g/mol. The molecule has 3 aromatic rings. The van der Waals surface area contributed by atoms with Crippen LogP contribution >= 0.6 is 11.6 Å². The van der Waals surface area contributed by atoms with E-state index in [1.807, 2.05) is 0 Å². The van der Waals surface area contributed by atoms with Gasteiger partial charge in [-0.05, 0) is 42.8 Å². The van der Waals surface area contributed by atoms with Crippen LogP contribution < -0.4 is 15.9 Å². The number of ketones is 1. The first-order valence-electron chi connectivity index (χ1n) is 8.27. The van der Waals surface area contributed by atoms with E-state index in [0.717, 1.165) is 21.3 Å². The summed E-state index contributed by atoms with van der Waals surface area (Å²) in [6.45, 7) is 1.43. The van der Waals surface area contributed by atoms with Crippen LogP contribution in [0.4, 0.5) is 4.39 Å². The predicted octanol–water partition coefficient (Wildman–Crippen LogP) is 2.99. The molecule has 6 nitrogen and oxygen atoms in total. The molecular formula is C20H16ClFN2O4. The highest BCUT2D eigenvalue weighted by Crippen LogP contribution is 2.28. The van der Waals surface area contributed by atoms with Gasteiger partial charge in [-0.15, -0.1) is 0 Å². The number of carbonyl (C=O) groups excluding carboxylic acids is 1. The van der Waals surface area contributed by atoms with Crippen molar-refractivity contribution in [2.75, 3.05) is 7.11 Å². The second kappa shape index (κ2) is 7.82. The molecule has 0 spiro atoms. The third kappa shape index (κ3) is 3.75. The molecule has 1 aromatic heterocycles. The highest BCUT2D eigenvalue weighted by atomic mass is 35.5. The van der Waals surface area contributed by atoms with E-state index in [0.29, 0.717) is 22.0 Å². The molecule has 0 atom stereocenters. The van der Waals surface area contributed by atoms with Crippen LogP contribution in [0.3, 0.4) is 0 Å². The molecule has 3 rings (SSSR count). The van der Waals surface area contributed by atoms with Gasteiger partial charge in [0.1, 0.15) is 11.6 Å². The van der Waals surface area contributed by atoms with Crippen molar-refractivity contribution in [2.24, 2.45) is 0 Å². The summed E-state index contributed by atoms with van der Waals surface area (Å²) in [6.07, 6.45) is 2.72. The number of nitrogens with zero attached hydrogens (tertiary/aromatic N) is 2. The van der Waals surface area contributed by atoms with Gasteiger partial charge < -0.3 is 9.30 Å². The number of halogens is 2. The summed E-state index contributed by atoms with van der Waals surface area (Å²) in [5.74, 6) is -0.556. The minimum Gasteiger partial charge on any atom is -0.495 e. The Morgan fingerprint density at radius 2 is 1.79 bits per heavy atom. The van der Waals surface area contributed by atoms with Crippen molar-refractivity contribution in [3.63, 3.8) is 0 Å². The quantitative estimate of drug-likeness (QED) is 0.486. The lowest BCUT2D eigenvalue weighted by molar-refractivity contribution is 0.0970. The summed E-state index contributed by atoms with van der Waals surface area (Å²) in [7, 11) is 1.43. The van der Waals surface area contributed by atoms with Crippen LogP contribution in [0.1, 0.15) is 15.9 Å². The van der Waals surface area contributed by atoms with Gasteiger partial charge in [0.15, 0.2) is 5.78 Å². The summed E-state index contributed by atoms with van der Waals surface area (Å²) in [5, 5.41) is 0.465. The number of Topliss-reactive ketones (excluding diaryl/α,β-unsaturated/α-hetero) is 1. The molecule has 0 unspecified atom stereocenters. The van der Waals surface area contributed by atoms with Gasteiger partial charge in [-0.1, -0.05) is 11.6 Å². The van der Waals surface area contributed by atoms with E-state index in [1.165, 1.54) is 31.6 Å². The van der Waals surface area contributed by atoms with Crippen LogP contribution in [-0.2, 0) is 6.54 Å². The van der Waals surface area contributed by atoms with Crippen LogP contribution in [0.2, 0.25) is 5.02 Å². The van der Waals surface area contributed by atoms with Crippen LogP contribution in [0.25, 0.3) is 5.69 Å². The molecule has 0 bridgehead atoms. The van der Waals surface area contributed by atoms with E-state index in [4.69, 9.17) is 16.3 Å². The van der Waals surface area contributed by atoms with Gasteiger partial charge in [-0.3, -0.25) is 19.0 Å². The van der Waals surface area contributed by atoms with Crippen molar-refractivity contribution >= 4 is 17.4 Å². The maximum Gasteiger partial charge on any atom is 0.321 e. The second-order valence-corrected chi connectivity index (χ2v) is 6.52. The van der Waals surface area contributed by atoms with Crippen LogP contribution in [0, 0.1) is 12.7 Å². The van der Waals surface area contributed by atoms with Gasteiger partial charge in [0.05, 0.1) is 19.3 Å². The zero-order valence-electron chi connectivity index (χ0n) is 15.1. The molecule has 0 aliphatic rings. The number of hydrogen-bond acceptors (Lipinski definition) is 4. The van der Waals surface area contributed by atoms with E-state index in [9.17, 15) is 18.8 Å². The average Bonchev–Trinajstić information content (AvgIpc) is 2.68. The van der Waals surface area contributed by atoms with Gasteiger partial charge in [0.25, 0.3) is 0 Å². The summed E-state index contributed by atoms with van der Waals surface area (Å²) >= 11 is 6.08. The summed E-state index contributed by atoms with van der Waals surface area (Å²) in [5.41, 5.74) is -0.391. The summed E-state index contributed by atoms with van der Waals surface area (Å²) in [6, 6.07) is 8.15. The molecule has 0 saturated heterocycles. The SMILES string of the molecule is COc1cc(Cl)c(C)cc1-n1ccn(CC(=O)c2ccc(F)cc2)c(=O)c1=O. The Morgan fingerprint density at radius 1 is 1.11 bits per heavy atom. The lowest BCUT2D eigenvalue weighted by Gasteiger charge is -2.13. The maximum absolute atomic E-state index is 13.0. The van der Waals surface area contributed by atoms with Crippen molar-refractivity contribution in [2.45, 2.75) is 13.5 Å². The van der Waals surface area contributed by atoms with Crippen molar-refractivity contribution in [1.82, 2.24) is 9.13 Å². The standard InChI is InChI=1S/C20H16ClFN2O4/c1-12-9-16(18(28-2)10-15(12)21)24-8-7-23(19(26)20(24)27)11-17(25)13-3-5-14(22)6-4-13/h3-10H,11H2,1-2H3. The number of methoxy groups -OCH3 is 1.